The number of carbonyl (C=O) groups is 1. The lowest BCUT2D eigenvalue weighted by Crippen LogP contribution is -2.32. The number of hydrogen-bond donors (Lipinski definition) is 3. The van der Waals surface area contributed by atoms with Crippen LogP contribution in [0.3, 0.4) is 0 Å². The fourth-order valence-electron chi connectivity index (χ4n) is 1.12. The number of halogens is 1. The van der Waals surface area contributed by atoms with Crippen LogP contribution < -0.4 is 16.2 Å². The molecule has 0 aliphatic carbocycles. The minimum Gasteiger partial charge on any atom is -0.399 e. The molecule has 8 heteroatoms. The molecule has 0 bridgehead atoms. The Hall–Kier alpha value is -1.67. The molecular weight excluding hydrogens is 249 g/mol. The van der Waals surface area contributed by atoms with E-state index in [-0.39, 0.29) is 17.8 Å². The van der Waals surface area contributed by atoms with Crippen molar-refractivity contribution >= 4 is 21.6 Å². The first kappa shape index (κ1) is 13.4. The van der Waals surface area contributed by atoms with Gasteiger partial charge in [-0.3, -0.25) is 4.79 Å². The number of carbonyl (C=O) groups excluding carboxylic acids is 1. The Balaban J connectivity index is 2.67. The molecule has 0 fully saturated rings. The highest BCUT2D eigenvalue weighted by Gasteiger charge is 2.12. The molecule has 0 aliphatic heterocycles. The van der Waals surface area contributed by atoms with Gasteiger partial charge in [0.15, 0.2) is 0 Å². The first-order valence-electron chi connectivity index (χ1n) is 4.63. The zero-order chi connectivity index (χ0) is 13.1. The van der Waals surface area contributed by atoms with Crippen molar-refractivity contribution in [2.45, 2.75) is 0 Å². The number of hydrogen-bond acceptors (Lipinski definition) is 4. The van der Waals surface area contributed by atoms with Gasteiger partial charge in [-0.1, -0.05) is 0 Å². The van der Waals surface area contributed by atoms with Crippen LogP contribution in [0.4, 0.5) is 10.1 Å². The van der Waals surface area contributed by atoms with E-state index >= 15 is 0 Å². The molecule has 0 aliphatic rings. The van der Waals surface area contributed by atoms with Gasteiger partial charge in [-0.15, -0.1) is 0 Å². The minimum absolute atomic E-state index is 0.189. The fourth-order valence-corrected chi connectivity index (χ4v) is 1.51. The van der Waals surface area contributed by atoms with Gasteiger partial charge >= 0.3 is 0 Å². The predicted molar refractivity (Wildman–Crippen MR) is 61.1 cm³/mol. The summed E-state index contributed by atoms with van der Waals surface area (Å²) in [6.45, 7) is -0.189. The van der Waals surface area contributed by atoms with Gasteiger partial charge in [0.2, 0.25) is 10.0 Å². The number of rotatable bonds is 4. The van der Waals surface area contributed by atoms with E-state index in [2.05, 4.69) is 5.32 Å². The molecule has 0 heterocycles. The predicted octanol–water partition coefficient (Wildman–Crippen LogP) is -0.574. The minimum atomic E-state index is -3.65. The van der Waals surface area contributed by atoms with Crippen molar-refractivity contribution in [3.05, 3.63) is 29.6 Å². The monoisotopic (exact) mass is 261 g/mol. The van der Waals surface area contributed by atoms with Gasteiger partial charge in [-0.25, -0.2) is 17.9 Å². The van der Waals surface area contributed by atoms with Gasteiger partial charge in [-0.2, -0.15) is 0 Å². The molecule has 0 unspecified atom stereocenters. The van der Waals surface area contributed by atoms with Crippen LogP contribution in [0, 0.1) is 5.82 Å². The quantitative estimate of drug-likeness (QED) is 0.629. The van der Waals surface area contributed by atoms with E-state index in [1.54, 1.807) is 0 Å². The van der Waals surface area contributed by atoms with E-state index in [4.69, 9.17) is 10.9 Å². The van der Waals surface area contributed by atoms with Crippen molar-refractivity contribution < 1.29 is 17.6 Å². The molecule has 0 saturated heterocycles. The zero-order valence-corrected chi connectivity index (χ0v) is 9.63. The lowest BCUT2D eigenvalue weighted by atomic mass is 10.2. The first-order chi connectivity index (χ1) is 7.79. The summed E-state index contributed by atoms with van der Waals surface area (Å²) in [7, 11) is -3.65. The average Bonchev–Trinajstić information content (AvgIpc) is 2.19. The van der Waals surface area contributed by atoms with Crippen LogP contribution in [-0.4, -0.2) is 26.6 Å². The molecule has 1 aromatic carbocycles. The lowest BCUT2D eigenvalue weighted by molar-refractivity contribution is 0.0952. The van der Waals surface area contributed by atoms with E-state index < -0.39 is 27.5 Å². The number of nitrogen functional groups attached to an aromatic ring is 1. The second kappa shape index (κ2) is 5.11. The van der Waals surface area contributed by atoms with E-state index in [0.29, 0.717) is 0 Å². The van der Waals surface area contributed by atoms with Crippen LogP contribution in [0.25, 0.3) is 0 Å². The highest BCUT2D eigenvalue weighted by atomic mass is 32.2. The molecule has 94 valence electrons. The summed E-state index contributed by atoms with van der Waals surface area (Å²) in [6, 6.07) is 3.54. The summed E-state index contributed by atoms with van der Waals surface area (Å²) in [6.07, 6.45) is 0. The molecule has 0 aromatic heterocycles. The second-order valence-electron chi connectivity index (χ2n) is 3.36. The molecular formula is C9H12FN3O3S. The third kappa shape index (κ3) is 4.37. The molecule has 0 saturated carbocycles. The van der Waals surface area contributed by atoms with E-state index in [9.17, 15) is 17.6 Å². The van der Waals surface area contributed by atoms with Gasteiger partial charge in [0.05, 0.1) is 11.3 Å². The largest absolute Gasteiger partial charge is 0.399 e. The Morgan fingerprint density at radius 1 is 1.41 bits per heavy atom. The Kier molecular flexibility index (Phi) is 4.02. The van der Waals surface area contributed by atoms with Crippen molar-refractivity contribution in [2.75, 3.05) is 18.0 Å². The standard InChI is InChI=1S/C9H12FN3O3S/c10-8-2-1-6(11)5-7(8)9(14)13-3-4-17(12,15)16/h1-2,5H,3-4,11H2,(H,13,14)(H2,12,15,16). The van der Waals surface area contributed by atoms with Crippen molar-refractivity contribution in [1.29, 1.82) is 0 Å². The van der Waals surface area contributed by atoms with Crippen molar-refractivity contribution in [2.24, 2.45) is 5.14 Å². The lowest BCUT2D eigenvalue weighted by Gasteiger charge is -2.06. The topological polar surface area (TPSA) is 115 Å². The molecule has 1 amide bonds. The molecule has 0 atom stereocenters. The van der Waals surface area contributed by atoms with Gasteiger partial charge < -0.3 is 11.1 Å². The van der Waals surface area contributed by atoms with Crippen LogP contribution >= 0.6 is 0 Å². The summed E-state index contributed by atoms with van der Waals surface area (Å²) in [5.41, 5.74) is 5.40. The van der Waals surface area contributed by atoms with Crippen LogP contribution in [0.2, 0.25) is 0 Å². The molecule has 0 spiro atoms. The average molecular weight is 261 g/mol. The van der Waals surface area contributed by atoms with Gasteiger partial charge in [0, 0.05) is 12.2 Å². The normalized spacial score (nSPS) is 11.2. The number of anilines is 1. The van der Waals surface area contributed by atoms with Crippen LogP contribution in [0.15, 0.2) is 18.2 Å². The van der Waals surface area contributed by atoms with Gasteiger partial charge in [0.1, 0.15) is 5.82 Å². The molecule has 5 N–H and O–H groups in total. The van der Waals surface area contributed by atoms with Crippen LogP contribution in [0.5, 0.6) is 0 Å². The summed E-state index contributed by atoms with van der Waals surface area (Å²) >= 11 is 0. The molecule has 1 aromatic rings. The zero-order valence-electron chi connectivity index (χ0n) is 8.81. The SMILES string of the molecule is Nc1ccc(F)c(C(=O)NCCS(N)(=O)=O)c1. The van der Waals surface area contributed by atoms with E-state index in [1.165, 1.54) is 12.1 Å². The Morgan fingerprint density at radius 2 is 2.06 bits per heavy atom. The number of nitrogens with two attached hydrogens (primary N) is 2. The van der Waals surface area contributed by atoms with Crippen molar-refractivity contribution in [3.8, 4) is 0 Å². The number of primary sulfonamides is 1. The van der Waals surface area contributed by atoms with Crippen LogP contribution in [-0.2, 0) is 10.0 Å². The van der Waals surface area contributed by atoms with E-state index in [1.807, 2.05) is 0 Å². The third-order valence-corrected chi connectivity index (χ3v) is 2.68. The number of sulfonamides is 1. The Bertz CT molecular complexity index is 530. The van der Waals surface area contributed by atoms with Gasteiger partial charge in [-0.05, 0) is 18.2 Å². The van der Waals surface area contributed by atoms with Gasteiger partial charge in [0.25, 0.3) is 5.91 Å². The number of benzene rings is 1. The molecule has 1 rings (SSSR count). The second-order valence-corrected chi connectivity index (χ2v) is 5.10. The highest BCUT2D eigenvalue weighted by Crippen LogP contribution is 2.11. The maximum atomic E-state index is 13.2. The van der Waals surface area contributed by atoms with E-state index in [0.717, 1.165) is 6.07 Å². The third-order valence-electron chi connectivity index (χ3n) is 1.91. The maximum absolute atomic E-state index is 13.2. The Morgan fingerprint density at radius 3 is 2.65 bits per heavy atom. The summed E-state index contributed by atoms with van der Waals surface area (Å²) in [5.74, 6) is -1.88. The summed E-state index contributed by atoms with van der Waals surface area (Å²) < 4.78 is 34.4. The number of nitrogens with one attached hydrogen (secondary N) is 1. The number of amides is 1. The molecule has 0 radical (unpaired) electrons. The smallest absolute Gasteiger partial charge is 0.254 e. The summed E-state index contributed by atoms with van der Waals surface area (Å²) in [4.78, 5) is 11.5. The van der Waals surface area contributed by atoms with Crippen molar-refractivity contribution in [3.63, 3.8) is 0 Å². The maximum Gasteiger partial charge on any atom is 0.254 e. The fraction of sp³-hybridized carbons (Fsp3) is 0.222. The van der Waals surface area contributed by atoms with Crippen LogP contribution in [0.1, 0.15) is 10.4 Å². The Labute approximate surface area is 97.8 Å². The highest BCUT2D eigenvalue weighted by molar-refractivity contribution is 7.89. The molecule has 6 nitrogen and oxygen atoms in total. The molecule has 17 heavy (non-hydrogen) atoms. The first-order valence-corrected chi connectivity index (χ1v) is 6.35. The summed E-state index contributed by atoms with van der Waals surface area (Å²) in [5, 5.41) is 6.97. The van der Waals surface area contributed by atoms with Crippen molar-refractivity contribution in [1.82, 2.24) is 5.32 Å².